The van der Waals surface area contributed by atoms with Crippen molar-refractivity contribution in [2.75, 3.05) is 56.4 Å². The van der Waals surface area contributed by atoms with Gasteiger partial charge in [0.15, 0.2) is 0 Å². The first-order valence-corrected chi connectivity index (χ1v) is 12.7. The lowest BCUT2D eigenvalue weighted by Crippen LogP contribution is -2.29. The first-order chi connectivity index (χ1) is 16.0. The first-order valence-electron chi connectivity index (χ1n) is 14.7. The molecule has 4 heteroatoms. The smallest absolute Gasteiger partial charge is 0.00865 e. The lowest BCUT2D eigenvalue weighted by Gasteiger charge is -2.26. The van der Waals surface area contributed by atoms with Crippen molar-refractivity contribution in [1.29, 1.82) is 0 Å². The van der Waals surface area contributed by atoms with Crippen molar-refractivity contribution in [2.45, 2.75) is 116 Å². The second-order valence-corrected chi connectivity index (χ2v) is 9.96. The monoisotopic (exact) mass is 443 g/mol. The minimum absolute atomic E-state index is 0. The molecule has 4 unspecified atom stereocenters. The molecule has 4 atom stereocenters. The molecule has 0 saturated carbocycles. The topological polar surface area (TPSA) is 13.0 Å². The van der Waals surface area contributed by atoms with Crippen molar-refractivity contribution in [3.63, 3.8) is 0 Å². The summed E-state index contributed by atoms with van der Waals surface area (Å²) in [5.74, 6) is 0. The highest BCUT2D eigenvalue weighted by Gasteiger charge is 2.13. The summed E-state index contributed by atoms with van der Waals surface area (Å²) in [5.41, 5.74) is 0. The lowest BCUT2D eigenvalue weighted by atomic mass is 10.0. The Morgan fingerprint density at radius 1 is 0.433 bits per heavy atom. The van der Waals surface area contributed by atoms with Gasteiger partial charge in [-0.15, -0.1) is 0 Å². The van der Waals surface area contributed by atoms with E-state index in [1.165, 1.54) is 64.2 Å². The quantitative estimate of drug-likeness (QED) is 0.265. The van der Waals surface area contributed by atoms with E-state index in [0.717, 1.165) is 24.2 Å². The van der Waals surface area contributed by atoms with Crippen molar-refractivity contribution >= 4 is 0 Å². The standard InChI is InChI=1S/2C13H30N2.4H2/c2*1-7-12(14(3)4)10-9-11-13(8-2)15(5)6;;;;/h2*12-13H,7-11H2,1-6H3;4*1H/i;;2*1+1D;2*1+1. The summed E-state index contributed by atoms with van der Waals surface area (Å²) in [6, 6.07) is 3.07. The molecular formula is C26H68N4. The molecule has 0 N–H and O–H groups in total. The molecule has 0 aliphatic heterocycles. The van der Waals surface area contributed by atoms with Gasteiger partial charge in [0.25, 0.3) is 0 Å². The molecule has 0 radical (unpaired) electrons. The minimum Gasteiger partial charge on any atom is -0.306 e. The van der Waals surface area contributed by atoms with E-state index in [-0.39, 0.29) is 2.85 Å². The van der Waals surface area contributed by atoms with Gasteiger partial charge in [0, 0.05) is 33.0 Å². The van der Waals surface area contributed by atoms with Gasteiger partial charge in [0.1, 0.15) is 0 Å². The fourth-order valence-corrected chi connectivity index (χ4v) is 4.49. The van der Waals surface area contributed by atoms with Crippen molar-refractivity contribution < 1.29 is 8.79 Å². The molecule has 0 aromatic heterocycles. The summed E-state index contributed by atoms with van der Waals surface area (Å²) < 4.78 is 20.0. The van der Waals surface area contributed by atoms with Crippen LogP contribution in [0.25, 0.3) is 0 Å². The van der Waals surface area contributed by atoms with Gasteiger partial charge in [-0.2, -0.15) is 0 Å². The maximum absolute atomic E-state index is 5.00. The zero-order valence-electron chi connectivity index (χ0n) is 27.2. The highest BCUT2D eigenvalue weighted by molar-refractivity contribution is 4.70. The van der Waals surface area contributed by atoms with Crippen LogP contribution >= 0.6 is 0 Å². The minimum atomic E-state index is 0. The first kappa shape index (κ1) is 27.9. The summed E-state index contributed by atoms with van der Waals surface area (Å²) in [7, 11) is 17.5. The van der Waals surface area contributed by atoms with Crippen molar-refractivity contribution in [3.05, 3.63) is 0 Å². The van der Waals surface area contributed by atoms with E-state index in [0.29, 0.717) is 0 Å². The number of nitrogens with zero attached hydrogens (tertiary/aromatic N) is 4. The molecular weight excluding hydrogens is 368 g/mol. The van der Waals surface area contributed by atoms with E-state index in [9.17, 15) is 0 Å². The largest absolute Gasteiger partial charge is 0.306 e. The molecule has 4 nitrogen and oxygen atoms in total. The fourth-order valence-electron chi connectivity index (χ4n) is 4.49. The van der Waals surface area contributed by atoms with Gasteiger partial charge in [-0.1, -0.05) is 40.5 Å². The molecule has 0 aliphatic rings. The van der Waals surface area contributed by atoms with E-state index in [2.05, 4.69) is 104 Å². The average Bonchev–Trinajstić information content (AvgIpc) is 2.81. The molecule has 0 amide bonds. The molecule has 0 aromatic carbocycles. The van der Waals surface area contributed by atoms with E-state index >= 15 is 0 Å². The van der Waals surface area contributed by atoms with Crippen molar-refractivity contribution in [1.82, 2.24) is 19.6 Å². The third-order valence-corrected chi connectivity index (χ3v) is 6.96. The predicted octanol–water partition coefficient (Wildman–Crippen LogP) is 6.66. The van der Waals surface area contributed by atoms with Crippen LogP contribution in [0.3, 0.4) is 0 Å². The normalized spacial score (nSPS) is 16.5. The lowest BCUT2D eigenvalue weighted by molar-refractivity contribution is 0.234. The summed E-state index contributed by atoms with van der Waals surface area (Å²) >= 11 is 0. The summed E-state index contributed by atoms with van der Waals surface area (Å²) in [6.07, 6.45) is 13.2. The molecule has 192 valence electrons. The van der Waals surface area contributed by atoms with Crippen LogP contribution in [0.15, 0.2) is 0 Å². The Morgan fingerprint density at radius 2 is 0.600 bits per heavy atom. The van der Waals surface area contributed by atoms with Gasteiger partial charge in [-0.3, -0.25) is 0 Å². The van der Waals surface area contributed by atoms with Gasteiger partial charge in [0.2, 0.25) is 0 Å². The highest BCUT2D eigenvalue weighted by atomic mass is 15.1. The van der Waals surface area contributed by atoms with E-state index in [1.807, 2.05) is 0 Å². The molecule has 0 aromatic rings. The van der Waals surface area contributed by atoms with E-state index < -0.39 is 0 Å². The number of rotatable bonds is 16. The maximum atomic E-state index is 5.00. The molecule has 0 fully saturated rings. The van der Waals surface area contributed by atoms with Crippen molar-refractivity contribution in [3.8, 4) is 0 Å². The average molecular weight is 443 g/mol. The van der Waals surface area contributed by atoms with Crippen LogP contribution in [-0.4, -0.2) is 100 Å². The SMILES string of the molecule is CCC(CCCC(CC)N(C)C)N(C)C.CCC(CCCC(CC)N(C)C)N(C)C.[2HH].[2HH].[2H][2H].[2H][2H]. The van der Waals surface area contributed by atoms with Gasteiger partial charge in [-0.25, -0.2) is 0 Å². The predicted molar refractivity (Wildman–Crippen MR) is 147 cm³/mol. The Morgan fingerprint density at radius 3 is 0.700 bits per heavy atom. The Labute approximate surface area is 201 Å². The van der Waals surface area contributed by atoms with Crippen LogP contribution in [-0.2, 0) is 0 Å². The molecule has 0 bridgehead atoms. The molecule has 0 rings (SSSR count). The van der Waals surface area contributed by atoms with Gasteiger partial charge in [0.05, 0.1) is 0 Å². The number of hydrogen-bond donors (Lipinski definition) is 0. The van der Waals surface area contributed by atoms with Crippen LogP contribution in [0.4, 0.5) is 0 Å². The van der Waals surface area contributed by atoms with Gasteiger partial charge >= 0.3 is 0 Å². The van der Waals surface area contributed by atoms with Crippen LogP contribution in [0.5, 0.6) is 0 Å². The highest BCUT2D eigenvalue weighted by Crippen LogP contribution is 2.15. The van der Waals surface area contributed by atoms with Crippen LogP contribution in [0.1, 0.15) is 101 Å². The molecule has 0 aliphatic carbocycles. The molecule has 0 spiro atoms. The van der Waals surface area contributed by atoms with E-state index in [1.54, 1.807) is 0 Å². The summed E-state index contributed by atoms with van der Waals surface area (Å²) in [6.45, 7) is 9.14. The van der Waals surface area contributed by atoms with Crippen LogP contribution in [0.2, 0.25) is 0 Å². The Hall–Kier alpha value is -0.160. The third kappa shape index (κ3) is 15.6. The Bertz CT molecular complexity index is 312. The van der Waals surface area contributed by atoms with Crippen LogP contribution in [0, 0.1) is 0 Å². The van der Waals surface area contributed by atoms with Gasteiger partial charge < -0.3 is 19.6 Å². The second-order valence-electron chi connectivity index (χ2n) is 9.96. The summed E-state index contributed by atoms with van der Waals surface area (Å²) in [4.78, 5) is 9.43. The fraction of sp³-hybridized carbons (Fsp3) is 1.00. The second kappa shape index (κ2) is 19.5. The Kier molecular flexibility index (Phi) is 18.1. The summed E-state index contributed by atoms with van der Waals surface area (Å²) in [5, 5.41) is 0. The molecule has 0 heterocycles. The van der Waals surface area contributed by atoms with Gasteiger partial charge in [-0.05, 0) is 108 Å². The molecule has 0 saturated heterocycles. The third-order valence-electron chi connectivity index (χ3n) is 6.96. The maximum Gasteiger partial charge on any atom is 0.00865 e. The Balaban J connectivity index is -0.000000104. The van der Waals surface area contributed by atoms with Crippen LogP contribution < -0.4 is 0 Å². The molecule has 30 heavy (non-hydrogen) atoms. The number of hydrogen-bond acceptors (Lipinski definition) is 4. The zero-order chi connectivity index (χ0) is 27.7. The van der Waals surface area contributed by atoms with Crippen molar-refractivity contribution in [2.24, 2.45) is 0 Å². The van der Waals surface area contributed by atoms with E-state index in [4.69, 9.17) is 5.94 Å². The zero-order valence-corrected chi connectivity index (χ0v) is 23.2.